The molecule has 14 heavy (non-hydrogen) atoms. The molecule has 1 heterocycles. The summed E-state index contributed by atoms with van der Waals surface area (Å²) in [5.41, 5.74) is 0. The molecule has 1 aliphatic heterocycles. The van der Waals surface area contributed by atoms with Gasteiger partial charge in [-0.2, -0.15) is 5.26 Å². The van der Waals surface area contributed by atoms with Gasteiger partial charge in [0.1, 0.15) is 0 Å². The van der Waals surface area contributed by atoms with Gasteiger partial charge < -0.3 is 0 Å². The Kier molecular flexibility index (Phi) is 4.50. The third kappa shape index (κ3) is 2.52. The molecule has 0 radical (unpaired) electrons. The quantitative estimate of drug-likeness (QED) is 0.670. The highest BCUT2D eigenvalue weighted by molar-refractivity contribution is 7.80. The normalized spacial score (nSPS) is 25.8. The van der Waals surface area contributed by atoms with Crippen molar-refractivity contribution in [2.24, 2.45) is 0 Å². The minimum absolute atomic E-state index is 0.0539. The fraction of sp³-hybridized carbons (Fsp3) is 0.818. The number of nitrogens with zero attached hydrogens (tertiary/aromatic N) is 2. The summed E-state index contributed by atoms with van der Waals surface area (Å²) in [6, 6.07) is 2.99. The van der Waals surface area contributed by atoms with Gasteiger partial charge in [-0.25, -0.2) is 0 Å². The lowest BCUT2D eigenvalue weighted by atomic mass is 9.97. The van der Waals surface area contributed by atoms with Crippen molar-refractivity contribution < 1.29 is 0 Å². The summed E-state index contributed by atoms with van der Waals surface area (Å²) in [5, 5.41) is 9.04. The van der Waals surface area contributed by atoms with Crippen molar-refractivity contribution in [2.45, 2.75) is 51.6 Å². The molecule has 0 aromatic carbocycles. The van der Waals surface area contributed by atoms with Crippen LogP contribution in [0.5, 0.6) is 0 Å². The predicted octanol–water partition coefficient (Wildman–Crippen LogP) is 2.53. The summed E-state index contributed by atoms with van der Waals surface area (Å²) in [7, 11) is 0. The van der Waals surface area contributed by atoms with Crippen molar-refractivity contribution in [1.29, 1.82) is 5.26 Å². The molecule has 0 N–H and O–H groups in total. The average molecular weight is 210 g/mol. The maximum atomic E-state index is 9.04. The highest BCUT2D eigenvalue weighted by Crippen LogP contribution is 2.21. The highest BCUT2D eigenvalue weighted by atomic mass is 32.1. The van der Waals surface area contributed by atoms with E-state index in [0.717, 1.165) is 37.1 Å². The average Bonchev–Trinajstić information content (AvgIpc) is 2.20. The smallest absolute Gasteiger partial charge is 0.0980 e. The first-order chi connectivity index (χ1) is 6.72. The number of nitriles is 1. The Bertz CT molecular complexity index is 244. The topological polar surface area (TPSA) is 27.0 Å². The molecule has 2 nitrogen and oxygen atoms in total. The van der Waals surface area contributed by atoms with Crippen LogP contribution in [0, 0.1) is 11.3 Å². The van der Waals surface area contributed by atoms with E-state index in [9.17, 15) is 0 Å². The molecule has 0 bridgehead atoms. The van der Waals surface area contributed by atoms with Crippen LogP contribution in [0.15, 0.2) is 0 Å². The molecular formula is C11H18N2S. The Morgan fingerprint density at radius 1 is 1.64 bits per heavy atom. The molecule has 78 valence electrons. The van der Waals surface area contributed by atoms with Crippen LogP contribution >= 0.6 is 12.2 Å². The zero-order valence-corrected chi connectivity index (χ0v) is 9.81. The van der Waals surface area contributed by atoms with Crippen molar-refractivity contribution in [2.75, 3.05) is 6.54 Å². The molecule has 0 saturated carbocycles. The molecule has 0 aromatic rings. The van der Waals surface area contributed by atoms with Gasteiger partial charge in [-0.05, 0) is 25.7 Å². The first-order valence-electron chi connectivity index (χ1n) is 5.40. The van der Waals surface area contributed by atoms with Gasteiger partial charge in [-0.3, -0.25) is 4.90 Å². The van der Waals surface area contributed by atoms with Crippen molar-refractivity contribution >= 4 is 17.1 Å². The van der Waals surface area contributed by atoms with E-state index in [-0.39, 0.29) is 6.04 Å². The van der Waals surface area contributed by atoms with E-state index < -0.39 is 0 Å². The number of thiocarbonyl (C=S) groups is 1. The summed E-state index contributed by atoms with van der Waals surface area (Å²) < 4.78 is 0. The second-order valence-corrected chi connectivity index (χ2v) is 4.44. The van der Waals surface area contributed by atoms with Crippen molar-refractivity contribution in [3.63, 3.8) is 0 Å². The van der Waals surface area contributed by atoms with Crippen LogP contribution in [-0.2, 0) is 0 Å². The van der Waals surface area contributed by atoms with Gasteiger partial charge in [0, 0.05) is 17.5 Å². The molecule has 1 aliphatic rings. The lowest BCUT2D eigenvalue weighted by Gasteiger charge is -2.38. The molecule has 2 unspecified atom stereocenters. The molecule has 3 heteroatoms. The number of piperidine rings is 1. The summed E-state index contributed by atoms with van der Waals surface area (Å²) in [5.74, 6) is 0. The zero-order chi connectivity index (χ0) is 10.6. The number of hydrogen-bond donors (Lipinski definition) is 0. The van der Waals surface area contributed by atoms with Gasteiger partial charge in [-0.1, -0.05) is 26.1 Å². The molecule has 0 amide bonds. The molecule has 2 atom stereocenters. The largest absolute Gasteiger partial charge is 0.280 e. The summed E-state index contributed by atoms with van der Waals surface area (Å²) in [6.07, 6.45) is 4.22. The Labute approximate surface area is 91.9 Å². The second kappa shape index (κ2) is 5.43. The van der Waals surface area contributed by atoms with Crippen LogP contribution in [-0.4, -0.2) is 28.4 Å². The minimum Gasteiger partial charge on any atom is -0.280 e. The van der Waals surface area contributed by atoms with Crippen LogP contribution < -0.4 is 0 Å². The number of likely N-dealkylation sites (tertiary alicyclic amines) is 1. The van der Waals surface area contributed by atoms with Crippen LogP contribution in [0.25, 0.3) is 0 Å². The van der Waals surface area contributed by atoms with Crippen LogP contribution in [0.4, 0.5) is 0 Å². The number of hydrogen-bond acceptors (Lipinski definition) is 3. The van der Waals surface area contributed by atoms with Gasteiger partial charge in [0.15, 0.2) is 0 Å². The Balaban J connectivity index is 2.70. The second-order valence-electron chi connectivity index (χ2n) is 3.86. The van der Waals surface area contributed by atoms with Gasteiger partial charge in [0.2, 0.25) is 0 Å². The SMILES string of the molecule is CCC(C#N)N1CC(=S)CCC1CC. The Morgan fingerprint density at radius 3 is 2.86 bits per heavy atom. The van der Waals surface area contributed by atoms with Crippen molar-refractivity contribution in [3.05, 3.63) is 0 Å². The van der Waals surface area contributed by atoms with E-state index in [0.29, 0.717) is 6.04 Å². The van der Waals surface area contributed by atoms with E-state index in [1.165, 1.54) is 0 Å². The van der Waals surface area contributed by atoms with Gasteiger partial charge in [-0.15, -0.1) is 0 Å². The standard InChI is InChI=1S/C11H18N2S/c1-3-9-5-6-11(14)8-13(9)10(4-2)7-12/h9-10H,3-6,8H2,1-2H3. The molecule has 0 aromatic heterocycles. The van der Waals surface area contributed by atoms with Crippen molar-refractivity contribution in [3.8, 4) is 6.07 Å². The fourth-order valence-corrected chi connectivity index (χ4v) is 2.38. The maximum absolute atomic E-state index is 9.04. The van der Waals surface area contributed by atoms with Crippen molar-refractivity contribution in [1.82, 2.24) is 4.90 Å². The Morgan fingerprint density at radius 2 is 2.36 bits per heavy atom. The summed E-state index contributed by atoms with van der Waals surface area (Å²) >= 11 is 5.25. The first-order valence-corrected chi connectivity index (χ1v) is 5.80. The predicted molar refractivity (Wildman–Crippen MR) is 62.3 cm³/mol. The van der Waals surface area contributed by atoms with E-state index in [1.54, 1.807) is 0 Å². The third-order valence-electron chi connectivity index (χ3n) is 2.99. The highest BCUT2D eigenvalue weighted by Gasteiger charge is 2.28. The van der Waals surface area contributed by atoms with Gasteiger partial charge >= 0.3 is 0 Å². The lowest BCUT2D eigenvalue weighted by molar-refractivity contribution is 0.161. The molecule has 0 spiro atoms. The molecule has 0 aliphatic carbocycles. The fourth-order valence-electron chi connectivity index (χ4n) is 2.11. The summed E-state index contributed by atoms with van der Waals surface area (Å²) in [6.45, 7) is 5.11. The lowest BCUT2D eigenvalue weighted by Crippen LogP contribution is -2.48. The van der Waals surface area contributed by atoms with Gasteiger partial charge in [0.25, 0.3) is 0 Å². The maximum Gasteiger partial charge on any atom is 0.0980 e. The minimum atomic E-state index is 0.0539. The van der Waals surface area contributed by atoms with E-state index in [1.807, 2.05) is 0 Å². The zero-order valence-electron chi connectivity index (χ0n) is 8.99. The number of rotatable bonds is 3. The molecule has 1 fully saturated rings. The van der Waals surface area contributed by atoms with Crippen LogP contribution in [0.1, 0.15) is 39.5 Å². The van der Waals surface area contributed by atoms with Gasteiger partial charge in [0.05, 0.1) is 12.1 Å². The van der Waals surface area contributed by atoms with E-state index in [2.05, 4.69) is 24.8 Å². The molecular weight excluding hydrogens is 192 g/mol. The van der Waals surface area contributed by atoms with E-state index in [4.69, 9.17) is 17.5 Å². The molecule has 1 rings (SSSR count). The van der Waals surface area contributed by atoms with Crippen LogP contribution in [0.2, 0.25) is 0 Å². The third-order valence-corrected chi connectivity index (χ3v) is 3.32. The van der Waals surface area contributed by atoms with Crippen LogP contribution in [0.3, 0.4) is 0 Å². The summed E-state index contributed by atoms with van der Waals surface area (Å²) in [4.78, 5) is 3.40. The van der Waals surface area contributed by atoms with E-state index >= 15 is 0 Å². The first kappa shape index (κ1) is 11.6. The monoisotopic (exact) mass is 210 g/mol. The Hall–Kier alpha value is -0.460. The molecule has 1 saturated heterocycles.